The largest absolute Gasteiger partial charge is 0.478 e. The van der Waals surface area contributed by atoms with Gasteiger partial charge in [-0.2, -0.15) is 0 Å². The monoisotopic (exact) mass is 306 g/mol. The number of nitrogens with zero attached hydrogens (tertiary/aromatic N) is 3. The number of pyridine rings is 1. The average molecular weight is 306 g/mol. The number of hydrogen-bond donors (Lipinski definition) is 1. The average Bonchev–Trinajstić information content (AvgIpc) is 2.97. The minimum Gasteiger partial charge on any atom is -0.478 e. The van der Waals surface area contributed by atoms with Gasteiger partial charge < -0.3 is 15.0 Å². The normalized spacial score (nSPS) is 10.4. The second-order valence-electron chi connectivity index (χ2n) is 4.45. The standard InChI is InChI=1S/C15H22N4OS/c1-4-19(5-2)15-18-11-13(21-15)10-16-12-7-8-14(17-9-12)20-6-3/h7-9,11,16H,4-6,10H2,1-3H3. The number of nitrogens with one attached hydrogen (secondary N) is 1. The summed E-state index contributed by atoms with van der Waals surface area (Å²) in [5.41, 5.74) is 0.983. The van der Waals surface area contributed by atoms with E-state index in [9.17, 15) is 0 Å². The first kappa shape index (κ1) is 15.6. The van der Waals surface area contributed by atoms with Crippen molar-refractivity contribution in [3.63, 3.8) is 0 Å². The maximum absolute atomic E-state index is 5.33. The van der Waals surface area contributed by atoms with Gasteiger partial charge in [0.15, 0.2) is 5.13 Å². The lowest BCUT2D eigenvalue weighted by Crippen LogP contribution is -2.21. The lowest BCUT2D eigenvalue weighted by Gasteiger charge is -2.16. The van der Waals surface area contributed by atoms with Crippen molar-refractivity contribution < 1.29 is 4.74 Å². The molecule has 0 aliphatic heterocycles. The zero-order valence-electron chi connectivity index (χ0n) is 12.8. The molecule has 0 spiro atoms. The van der Waals surface area contributed by atoms with Gasteiger partial charge in [0.25, 0.3) is 0 Å². The lowest BCUT2D eigenvalue weighted by molar-refractivity contribution is 0.327. The summed E-state index contributed by atoms with van der Waals surface area (Å²) in [6, 6.07) is 3.85. The SMILES string of the molecule is CCOc1ccc(NCc2cnc(N(CC)CC)s2)cn1. The molecule has 0 aliphatic carbocycles. The van der Waals surface area contributed by atoms with Gasteiger partial charge in [-0.25, -0.2) is 9.97 Å². The van der Waals surface area contributed by atoms with E-state index in [4.69, 9.17) is 4.74 Å². The molecule has 0 unspecified atom stereocenters. The highest BCUT2D eigenvalue weighted by Gasteiger charge is 2.07. The summed E-state index contributed by atoms with van der Waals surface area (Å²) < 4.78 is 5.33. The Hall–Kier alpha value is -1.82. The molecule has 0 radical (unpaired) electrons. The fourth-order valence-electron chi connectivity index (χ4n) is 1.93. The van der Waals surface area contributed by atoms with E-state index in [1.807, 2.05) is 25.3 Å². The van der Waals surface area contributed by atoms with Gasteiger partial charge in [-0.1, -0.05) is 0 Å². The zero-order chi connectivity index (χ0) is 15.1. The maximum Gasteiger partial charge on any atom is 0.213 e. The van der Waals surface area contributed by atoms with Crippen LogP contribution in [-0.2, 0) is 6.54 Å². The third-order valence-electron chi connectivity index (χ3n) is 3.07. The van der Waals surface area contributed by atoms with Gasteiger partial charge in [0, 0.05) is 30.2 Å². The molecule has 0 saturated heterocycles. The Balaban J connectivity index is 1.90. The number of aromatic nitrogens is 2. The minimum absolute atomic E-state index is 0.634. The van der Waals surface area contributed by atoms with Gasteiger partial charge in [0.2, 0.25) is 5.88 Å². The Morgan fingerprint density at radius 1 is 1.14 bits per heavy atom. The van der Waals surface area contributed by atoms with Crippen LogP contribution in [-0.4, -0.2) is 29.7 Å². The summed E-state index contributed by atoms with van der Waals surface area (Å²) in [6.45, 7) is 9.61. The summed E-state index contributed by atoms with van der Waals surface area (Å²) >= 11 is 1.73. The Kier molecular flexibility index (Phi) is 5.80. The van der Waals surface area contributed by atoms with Gasteiger partial charge in [-0.05, 0) is 26.8 Å². The second-order valence-corrected chi connectivity index (χ2v) is 5.55. The zero-order valence-corrected chi connectivity index (χ0v) is 13.6. The second kappa shape index (κ2) is 7.83. The van der Waals surface area contributed by atoms with E-state index in [2.05, 4.69) is 34.0 Å². The van der Waals surface area contributed by atoms with Crippen LogP contribution in [0.2, 0.25) is 0 Å². The van der Waals surface area contributed by atoms with E-state index in [0.717, 1.165) is 30.5 Å². The van der Waals surface area contributed by atoms with Crippen LogP contribution in [0.25, 0.3) is 0 Å². The van der Waals surface area contributed by atoms with Gasteiger partial charge in [-0.15, -0.1) is 11.3 Å². The molecule has 2 heterocycles. The molecular weight excluding hydrogens is 284 g/mol. The molecule has 114 valence electrons. The number of ether oxygens (including phenoxy) is 1. The summed E-state index contributed by atoms with van der Waals surface area (Å²) in [7, 11) is 0. The molecule has 6 heteroatoms. The summed E-state index contributed by atoms with van der Waals surface area (Å²) in [6.07, 6.45) is 3.73. The van der Waals surface area contributed by atoms with Crippen LogP contribution in [0.3, 0.4) is 0 Å². The highest BCUT2D eigenvalue weighted by atomic mass is 32.1. The molecule has 0 aliphatic rings. The third-order valence-corrected chi connectivity index (χ3v) is 4.13. The minimum atomic E-state index is 0.634. The van der Waals surface area contributed by atoms with E-state index in [1.165, 1.54) is 4.88 Å². The molecule has 0 amide bonds. The first-order valence-electron chi connectivity index (χ1n) is 7.29. The van der Waals surface area contributed by atoms with Crippen molar-refractivity contribution in [1.29, 1.82) is 0 Å². The highest BCUT2D eigenvalue weighted by molar-refractivity contribution is 7.15. The van der Waals surface area contributed by atoms with Crippen LogP contribution in [0.4, 0.5) is 10.8 Å². The fourth-order valence-corrected chi connectivity index (χ4v) is 2.90. The van der Waals surface area contributed by atoms with E-state index >= 15 is 0 Å². The van der Waals surface area contributed by atoms with Crippen molar-refractivity contribution in [3.05, 3.63) is 29.4 Å². The van der Waals surface area contributed by atoms with Crippen LogP contribution < -0.4 is 15.0 Å². The molecule has 2 aromatic rings. The quantitative estimate of drug-likeness (QED) is 0.810. The van der Waals surface area contributed by atoms with Crippen LogP contribution in [0.15, 0.2) is 24.5 Å². The first-order valence-corrected chi connectivity index (χ1v) is 8.10. The van der Waals surface area contributed by atoms with Crippen LogP contribution >= 0.6 is 11.3 Å². The van der Waals surface area contributed by atoms with Crippen LogP contribution in [0, 0.1) is 0 Å². The predicted molar refractivity (Wildman–Crippen MR) is 88.4 cm³/mol. The number of rotatable bonds is 8. The van der Waals surface area contributed by atoms with Crippen molar-refractivity contribution in [2.45, 2.75) is 27.3 Å². The van der Waals surface area contributed by atoms with Crippen molar-refractivity contribution >= 4 is 22.2 Å². The van der Waals surface area contributed by atoms with Crippen LogP contribution in [0.1, 0.15) is 25.6 Å². The van der Waals surface area contributed by atoms with Crippen molar-refractivity contribution in [1.82, 2.24) is 9.97 Å². The van der Waals surface area contributed by atoms with E-state index < -0.39 is 0 Å². The van der Waals surface area contributed by atoms with E-state index in [-0.39, 0.29) is 0 Å². The molecule has 0 saturated carbocycles. The van der Waals surface area contributed by atoms with Gasteiger partial charge in [0.1, 0.15) is 0 Å². The van der Waals surface area contributed by atoms with Gasteiger partial charge in [0.05, 0.1) is 25.0 Å². The molecule has 0 fully saturated rings. The molecule has 0 bridgehead atoms. The molecule has 21 heavy (non-hydrogen) atoms. The fraction of sp³-hybridized carbons (Fsp3) is 0.467. The molecule has 0 aromatic carbocycles. The third kappa shape index (κ3) is 4.32. The van der Waals surface area contributed by atoms with Gasteiger partial charge in [-0.3, -0.25) is 0 Å². The Morgan fingerprint density at radius 3 is 2.57 bits per heavy atom. The van der Waals surface area contributed by atoms with Crippen molar-refractivity contribution in [3.8, 4) is 5.88 Å². The Morgan fingerprint density at radius 2 is 1.95 bits per heavy atom. The number of anilines is 2. The molecule has 1 N–H and O–H groups in total. The molecule has 0 atom stereocenters. The van der Waals surface area contributed by atoms with E-state index in [0.29, 0.717) is 12.5 Å². The summed E-state index contributed by atoms with van der Waals surface area (Å²) in [4.78, 5) is 12.2. The Bertz CT molecular complexity index is 537. The molecular formula is C15H22N4OS. The van der Waals surface area contributed by atoms with Crippen LogP contribution in [0.5, 0.6) is 5.88 Å². The van der Waals surface area contributed by atoms with E-state index in [1.54, 1.807) is 17.5 Å². The Labute approximate surface area is 130 Å². The smallest absolute Gasteiger partial charge is 0.213 e. The maximum atomic E-state index is 5.33. The summed E-state index contributed by atoms with van der Waals surface area (Å²) in [5.74, 6) is 0.657. The first-order chi connectivity index (χ1) is 10.3. The number of hydrogen-bond acceptors (Lipinski definition) is 6. The highest BCUT2D eigenvalue weighted by Crippen LogP contribution is 2.23. The summed E-state index contributed by atoms with van der Waals surface area (Å²) in [5, 5.41) is 4.44. The molecule has 5 nitrogen and oxygen atoms in total. The van der Waals surface area contributed by atoms with Gasteiger partial charge >= 0.3 is 0 Å². The molecule has 2 aromatic heterocycles. The lowest BCUT2D eigenvalue weighted by atomic mass is 10.4. The van der Waals surface area contributed by atoms with Crippen molar-refractivity contribution in [2.24, 2.45) is 0 Å². The topological polar surface area (TPSA) is 50.3 Å². The predicted octanol–water partition coefficient (Wildman–Crippen LogP) is 3.40. The number of thiazole rings is 1. The molecule has 2 rings (SSSR count). The van der Waals surface area contributed by atoms with Crippen molar-refractivity contribution in [2.75, 3.05) is 29.9 Å².